The molecule has 0 bridgehead atoms. The highest BCUT2D eigenvalue weighted by atomic mass is 16.5. The average molecular weight is 409 g/mol. The number of carbonyl (C=O) groups is 2. The van der Waals surface area contributed by atoms with Crippen molar-refractivity contribution < 1.29 is 18.5 Å². The first-order valence-corrected chi connectivity index (χ1v) is 9.89. The minimum Gasteiger partial charge on any atom is -0.459 e. The van der Waals surface area contributed by atoms with Crippen molar-refractivity contribution in [2.45, 2.75) is 13.0 Å². The Bertz CT molecular complexity index is 970. The lowest BCUT2D eigenvalue weighted by molar-refractivity contribution is -0.130. The van der Waals surface area contributed by atoms with Gasteiger partial charge in [0.15, 0.2) is 11.6 Å². The molecule has 0 saturated carbocycles. The molecule has 2 amide bonds. The maximum Gasteiger partial charge on any atom is 0.287 e. The van der Waals surface area contributed by atoms with Gasteiger partial charge in [-0.15, -0.1) is 0 Å². The Labute approximate surface area is 173 Å². The third-order valence-electron chi connectivity index (χ3n) is 4.94. The molecular formula is C21H23N5O4. The van der Waals surface area contributed by atoms with Gasteiger partial charge < -0.3 is 19.2 Å². The maximum absolute atomic E-state index is 12.5. The summed E-state index contributed by atoms with van der Waals surface area (Å²) in [4.78, 5) is 32.8. The summed E-state index contributed by atoms with van der Waals surface area (Å²) in [5.74, 6) is 0.822. The highest BCUT2D eigenvalue weighted by Crippen LogP contribution is 2.17. The van der Waals surface area contributed by atoms with Crippen LogP contribution in [0.25, 0.3) is 11.5 Å². The van der Waals surface area contributed by atoms with Crippen LogP contribution >= 0.6 is 0 Å². The van der Waals surface area contributed by atoms with Gasteiger partial charge in [0.2, 0.25) is 5.91 Å². The molecule has 3 heterocycles. The van der Waals surface area contributed by atoms with Crippen LogP contribution in [0, 0.1) is 0 Å². The number of carbonyl (C=O) groups excluding carboxylic acids is 2. The van der Waals surface area contributed by atoms with Gasteiger partial charge in [-0.25, -0.2) is 0 Å². The smallest absolute Gasteiger partial charge is 0.287 e. The van der Waals surface area contributed by atoms with Crippen molar-refractivity contribution in [1.82, 2.24) is 25.3 Å². The first kappa shape index (κ1) is 19.8. The summed E-state index contributed by atoms with van der Waals surface area (Å²) in [6.07, 6.45) is 2.26. The minimum atomic E-state index is -0.392. The van der Waals surface area contributed by atoms with Gasteiger partial charge in [0, 0.05) is 31.7 Å². The van der Waals surface area contributed by atoms with E-state index in [2.05, 4.69) is 20.4 Å². The molecule has 9 heteroatoms. The average Bonchev–Trinajstić information content (AvgIpc) is 3.42. The number of amides is 2. The van der Waals surface area contributed by atoms with Crippen LogP contribution in [0.3, 0.4) is 0 Å². The van der Waals surface area contributed by atoms with E-state index in [0.717, 1.165) is 18.5 Å². The van der Waals surface area contributed by atoms with E-state index >= 15 is 0 Å². The number of hydrogen-bond donors (Lipinski definition) is 1. The van der Waals surface area contributed by atoms with Crippen LogP contribution in [0.5, 0.6) is 0 Å². The molecule has 9 nitrogen and oxygen atoms in total. The van der Waals surface area contributed by atoms with Gasteiger partial charge in [-0.1, -0.05) is 23.4 Å². The molecule has 3 aromatic rings. The number of furan rings is 1. The Morgan fingerprint density at radius 1 is 1.03 bits per heavy atom. The second-order valence-electron chi connectivity index (χ2n) is 7.05. The van der Waals surface area contributed by atoms with Crippen LogP contribution in [-0.2, 0) is 11.3 Å². The number of aromatic nitrogens is 2. The van der Waals surface area contributed by atoms with Crippen molar-refractivity contribution in [1.29, 1.82) is 0 Å². The first-order chi connectivity index (χ1) is 14.7. The molecule has 2 aromatic heterocycles. The molecule has 1 aliphatic heterocycles. The predicted molar refractivity (Wildman–Crippen MR) is 107 cm³/mol. The van der Waals surface area contributed by atoms with Crippen molar-refractivity contribution >= 4 is 11.8 Å². The van der Waals surface area contributed by atoms with E-state index < -0.39 is 5.91 Å². The Balaban J connectivity index is 1.26. The largest absolute Gasteiger partial charge is 0.459 e. The maximum atomic E-state index is 12.5. The highest BCUT2D eigenvalue weighted by molar-refractivity contribution is 5.94. The van der Waals surface area contributed by atoms with Crippen molar-refractivity contribution in [3.63, 3.8) is 0 Å². The number of nitrogens with zero attached hydrogens (tertiary/aromatic N) is 4. The van der Waals surface area contributed by atoms with E-state index in [1.807, 2.05) is 30.3 Å². The Kier molecular flexibility index (Phi) is 6.19. The van der Waals surface area contributed by atoms with E-state index in [0.29, 0.717) is 37.9 Å². The van der Waals surface area contributed by atoms with Crippen LogP contribution in [0.4, 0.5) is 0 Å². The lowest BCUT2D eigenvalue weighted by Gasteiger charge is -2.21. The zero-order valence-corrected chi connectivity index (χ0v) is 16.5. The van der Waals surface area contributed by atoms with Crippen LogP contribution in [0.2, 0.25) is 0 Å². The van der Waals surface area contributed by atoms with E-state index in [1.54, 1.807) is 17.0 Å². The molecule has 1 aromatic carbocycles. The monoisotopic (exact) mass is 409 g/mol. The zero-order chi connectivity index (χ0) is 20.8. The van der Waals surface area contributed by atoms with E-state index in [-0.39, 0.29) is 18.2 Å². The van der Waals surface area contributed by atoms with E-state index in [4.69, 9.17) is 8.94 Å². The van der Waals surface area contributed by atoms with Gasteiger partial charge in [0.05, 0.1) is 19.4 Å². The Morgan fingerprint density at radius 3 is 2.70 bits per heavy atom. The molecule has 0 atom stereocenters. The number of hydrogen-bond acceptors (Lipinski definition) is 7. The second-order valence-corrected chi connectivity index (χ2v) is 7.05. The first-order valence-electron chi connectivity index (χ1n) is 9.89. The summed E-state index contributed by atoms with van der Waals surface area (Å²) in [5, 5.41) is 6.68. The third-order valence-corrected chi connectivity index (χ3v) is 4.94. The Hall–Kier alpha value is -3.46. The molecule has 0 unspecified atom stereocenters. The van der Waals surface area contributed by atoms with Gasteiger partial charge in [-0.05, 0) is 30.7 Å². The number of rotatable bonds is 6. The summed E-state index contributed by atoms with van der Waals surface area (Å²) in [6.45, 7) is 3.27. The summed E-state index contributed by atoms with van der Waals surface area (Å²) in [7, 11) is 0. The summed E-state index contributed by atoms with van der Waals surface area (Å²) in [6, 6.07) is 12.8. The van der Waals surface area contributed by atoms with Gasteiger partial charge in [0.1, 0.15) is 0 Å². The summed E-state index contributed by atoms with van der Waals surface area (Å²) in [5.41, 5.74) is 0.889. The number of benzene rings is 1. The quantitative estimate of drug-likeness (QED) is 0.662. The molecule has 1 aliphatic rings. The topological polar surface area (TPSA) is 105 Å². The molecule has 4 rings (SSSR count). The number of nitrogens with one attached hydrogen (secondary N) is 1. The van der Waals surface area contributed by atoms with Gasteiger partial charge in [-0.3, -0.25) is 14.5 Å². The molecule has 1 fully saturated rings. The van der Waals surface area contributed by atoms with E-state index in [1.165, 1.54) is 6.26 Å². The fourth-order valence-corrected chi connectivity index (χ4v) is 3.36. The Morgan fingerprint density at radius 2 is 1.90 bits per heavy atom. The molecule has 30 heavy (non-hydrogen) atoms. The molecule has 156 valence electrons. The van der Waals surface area contributed by atoms with Crippen LogP contribution in [0.15, 0.2) is 57.7 Å². The molecular weight excluding hydrogens is 386 g/mol. The lowest BCUT2D eigenvalue weighted by atomic mass is 10.2. The standard InChI is InChI=1S/C21H23N5O4/c27-19(14-22-20(28)17-8-4-13-29-17)26-10-5-9-25(11-12-26)15-18-23-21(30-24-18)16-6-2-1-3-7-16/h1-4,6-8,13H,5,9-12,14-15H2,(H,22,28). The molecule has 1 N–H and O–H groups in total. The van der Waals surface area contributed by atoms with Crippen molar-refractivity contribution in [2.75, 3.05) is 32.7 Å². The molecule has 0 spiro atoms. The van der Waals surface area contributed by atoms with Crippen molar-refractivity contribution in [3.8, 4) is 11.5 Å². The highest BCUT2D eigenvalue weighted by Gasteiger charge is 2.21. The molecule has 0 radical (unpaired) electrons. The van der Waals surface area contributed by atoms with Crippen molar-refractivity contribution in [3.05, 3.63) is 60.3 Å². The van der Waals surface area contributed by atoms with Gasteiger partial charge in [0.25, 0.3) is 11.8 Å². The summed E-state index contributed by atoms with van der Waals surface area (Å²) >= 11 is 0. The summed E-state index contributed by atoms with van der Waals surface area (Å²) < 4.78 is 10.4. The lowest BCUT2D eigenvalue weighted by Crippen LogP contribution is -2.41. The molecule has 1 saturated heterocycles. The minimum absolute atomic E-state index is 0.0508. The van der Waals surface area contributed by atoms with Gasteiger partial charge in [-0.2, -0.15) is 4.98 Å². The van der Waals surface area contributed by atoms with Crippen LogP contribution < -0.4 is 5.32 Å². The van der Waals surface area contributed by atoms with Crippen LogP contribution in [0.1, 0.15) is 22.8 Å². The van der Waals surface area contributed by atoms with Crippen molar-refractivity contribution in [2.24, 2.45) is 0 Å². The predicted octanol–water partition coefficient (Wildman–Crippen LogP) is 1.79. The second kappa shape index (κ2) is 9.36. The third kappa shape index (κ3) is 4.93. The van der Waals surface area contributed by atoms with Gasteiger partial charge >= 0.3 is 0 Å². The van der Waals surface area contributed by atoms with E-state index in [9.17, 15) is 9.59 Å². The normalized spacial score (nSPS) is 15.0. The van der Waals surface area contributed by atoms with Crippen LogP contribution in [-0.4, -0.2) is 64.5 Å². The SMILES string of the molecule is O=C(NCC(=O)N1CCCN(Cc2noc(-c3ccccc3)n2)CC1)c1ccco1. The fourth-order valence-electron chi connectivity index (χ4n) is 3.36. The fraction of sp³-hybridized carbons (Fsp3) is 0.333. The zero-order valence-electron chi connectivity index (χ0n) is 16.5. The molecule has 0 aliphatic carbocycles.